The summed E-state index contributed by atoms with van der Waals surface area (Å²) in [4.78, 5) is 15.8. The lowest BCUT2D eigenvalue weighted by Crippen LogP contribution is -2.14. The van der Waals surface area contributed by atoms with Crippen molar-refractivity contribution in [1.82, 2.24) is 4.98 Å². The first-order chi connectivity index (χ1) is 8.91. The molecule has 98 valence electrons. The number of pyridine rings is 1. The molecule has 0 atom stereocenters. The van der Waals surface area contributed by atoms with Gasteiger partial charge in [-0.1, -0.05) is 17.7 Å². The highest BCUT2D eigenvalue weighted by Crippen LogP contribution is 2.35. The van der Waals surface area contributed by atoms with Gasteiger partial charge in [0.15, 0.2) is 5.78 Å². The predicted molar refractivity (Wildman–Crippen MR) is 64.1 cm³/mol. The molecule has 0 bridgehead atoms. The fourth-order valence-electron chi connectivity index (χ4n) is 1.63. The van der Waals surface area contributed by atoms with Crippen LogP contribution in [0.15, 0.2) is 42.7 Å². The van der Waals surface area contributed by atoms with Crippen molar-refractivity contribution < 1.29 is 18.0 Å². The topological polar surface area (TPSA) is 30.0 Å². The van der Waals surface area contributed by atoms with Gasteiger partial charge in [-0.05, 0) is 24.3 Å². The first-order valence-electron chi connectivity index (χ1n) is 5.21. The fourth-order valence-corrected chi connectivity index (χ4v) is 1.89. The van der Waals surface area contributed by atoms with Crippen LogP contribution in [0.1, 0.15) is 21.5 Å². The van der Waals surface area contributed by atoms with Gasteiger partial charge in [0.25, 0.3) is 0 Å². The Balaban J connectivity index is 2.60. The zero-order chi connectivity index (χ0) is 14.0. The minimum atomic E-state index is -4.64. The van der Waals surface area contributed by atoms with E-state index in [0.29, 0.717) is 0 Å². The van der Waals surface area contributed by atoms with E-state index in [-0.39, 0.29) is 10.6 Å². The molecule has 19 heavy (non-hydrogen) atoms. The number of aromatic nitrogens is 1. The highest BCUT2D eigenvalue weighted by atomic mass is 35.5. The standard InChI is InChI=1S/C13H7ClF3NO/c14-10-5-1-4-9(13(15,16)17)11(10)12(19)8-3-2-6-18-7-8/h1-7H. The Morgan fingerprint density at radius 3 is 2.47 bits per heavy atom. The summed E-state index contributed by atoms with van der Waals surface area (Å²) in [6, 6.07) is 6.09. The van der Waals surface area contributed by atoms with E-state index in [0.717, 1.165) is 12.1 Å². The quantitative estimate of drug-likeness (QED) is 0.781. The molecule has 2 aromatic rings. The highest BCUT2D eigenvalue weighted by Gasteiger charge is 2.36. The molecule has 2 rings (SSSR count). The van der Waals surface area contributed by atoms with Crippen LogP contribution in [0.5, 0.6) is 0 Å². The molecule has 6 heteroatoms. The summed E-state index contributed by atoms with van der Waals surface area (Å²) in [5, 5.41) is -0.233. The van der Waals surface area contributed by atoms with E-state index in [2.05, 4.69) is 4.98 Å². The molecule has 0 fully saturated rings. The Kier molecular flexibility index (Phi) is 3.57. The summed E-state index contributed by atoms with van der Waals surface area (Å²) in [7, 11) is 0. The number of carbonyl (C=O) groups is 1. The van der Waals surface area contributed by atoms with E-state index in [1.807, 2.05) is 0 Å². The number of benzene rings is 1. The van der Waals surface area contributed by atoms with Gasteiger partial charge in [0.05, 0.1) is 16.1 Å². The maximum absolute atomic E-state index is 12.9. The average Bonchev–Trinajstić information content (AvgIpc) is 2.37. The molecule has 0 aliphatic heterocycles. The number of hydrogen-bond donors (Lipinski definition) is 0. The van der Waals surface area contributed by atoms with Crippen molar-refractivity contribution in [2.24, 2.45) is 0 Å². The van der Waals surface area contributed by atoms with Crippen LogP contribution in [0.25, 0.3) is 0 Å². The van der Waals surface area contributed by atoms with E-state index < -0.39 is 23.1 Å². The van der Waals surface area contributed by atoms with Gasteiger partial charge in [0.2, 0.25) is 0 Å². The molecular weight excluding hydrogens is 279 g/mol. The Morgan fingerprint density at radius 1 is 1.16 bits per heavy atom. The summed E-state index contributed by atoms with van der Waals surface area (Å²) >= 11 is 5.74. The van der Waals surface area contributed by atoms with E-state index in [9.17, 15) is 18.0 Å². The van der Waals surface area contributed by atoms with Crippen molar-refractivity contribution >= 4 is 17.4 Å². The summed E-state index contributed by atoms with van der Waals surface area (Å²) in [6.07, 6.45) is -2.02. The van der Waals surface area contributed by atoms with Crippen molar-refractivity contribution in [2.45, 2.75) is 6.18 Å². The lowest BCUT2D eigenvalue weighted by atomic mass is 9.99. The molecule has 0 aliphatic carbocycles. The second-order valence-electron chi connectivity index (χ2n) is 3.73. The van der Waals surface area contributed by atoms with Gasteiger partial charge in [0, 0.05) is 18.0 Å². The number of halogens is 4. The molecule has 1 aromatic heterocycles. The molecule has 0 amide bonds. The van der Waals surface area contributed by atoms with Crippen LogP contribution < -0.4 is 0 Å². The molecule has 0 radical (unpaired) electrons. The van der Waals surface area contributed by atoms with E-state index in [1.54, 1.807) is 0 Å². The number of carbonyl (C=O) groups excluding carboxylic acids is 1. The van der Waals surface area contributed by atoms with Crippen molar-refractivity contribution in [1.29, 1.82) is 0 Å². The third kappa shape index (κ3) is 2.76. The van der Waals surface area contributed by atoms with Gasteiger partial charge in [-0.3, -0.25) is 9.78 Å². The van der Waals surface area contributed by atoms with Crippen molar-refractivity contribution in [3.63, 3.8) is 0 Å². The number of nitrogens with zero attached hydrogens (tertiary/aromatic N) is 1. The molecule has 1 aromatic carbocycles. The van der Waals surface area contributed by atoms with E-state index >= 15 is 0 Å². The normalized spacial score (nSPS) is 11.4. The Labute approximate surface area is 111 Å². The smallest absolute Gasteiger partial charge is 0.288 e. The zero-order valence-electron chi connectivity index (χ0n) is 9.41. The van der Waals surface area contributed by atoms with Crippen molar-refractivity contribution in [2.75, 3.05) is 0 Å². The van der Waals surface area contributed by atoms with Crippen molar-refractivity contribution in [3.8, 4) is 0 Å². The maximum Gasteiger partial charge on any atom is 0.417 e. The first-order valence-corrected chi connectivity index (χ1v) is 5.59. The van der Waals surface area contributed by atoms with Crippen LogP contribution in [0.3, 0.4) is 0 Å². The number of ketones is 1. The predicted octanol–water partition coefficient (Wildman–Crippen LogP) is 3.98. The van der Waals surface area contributed by atoms with Crippen LogP contribution >= 0.6 is 11.6 Å². The minimum absolute atomic E-state index is 0.0566. The average molecular weight is 286 g/mol. The molecule has 0 saturated carbocycles. The largest absolute Gasteiger partial charge is 0.417 e. The lowest BCUT2D eigenvalue weighted by molar-refractivity contribution is -0.137. The monoisotopic (exact) mass is 285 g/mol. The van der Waals surface area contributed by atoms with Gasteiger partial charge < -0.3 is 0 Å². The van der Waals surface area contributed by atoms with Gasteiger partial charge in [0.1, 0.15) is 0 Å². The van der Waals surface area contributed by atoms with Crippen LogP contribution in [0.2, 0.25) is 5.02 Å². The molecule has 0 aliphatic rings. The van der Waals surface area contributed by atoms with Crippen molar-refractivity contribution in [3.05, 3.63) is 64.4 Å². The SMILES string of the molecule is O=C(c1cccnc1)c1c(Cl)cccc1C(F)(F)F. The van der Waals surface area contributed by atoms with Crippen LogP contribution in [-0.4, -0.2) is 10.8 Å². The second-order valence-corrected chi connectivity index (χ2v) is 4.14. The maximum atomic E-state index is 12.9. The number of alkyl halides is 3. The highest BCUT2D eigenvalue weighted by molar-refractivity contribution is 6.35. The Bertz CT molecular complexity index is 611. The summed E-state index contributed by atoms with van der Waals surface area (Å²) in [5.41, 5.74) is -1.54. The van der Waals surface area contributed by atoms with Gasteiger partial charge in [-0.15, -0.1) is 0 Å². The molecule has 0 saturated heterocycles. The second kappa shape index (κ2) is 5.01. The van der Waals surface area contributed by atoms with Gasteiger partial charge in [-0.2, -0.15) is 13.2 Å². The third-order valence-electron chi connectivity index (χ3n) is 2.47. The molecule has 2 nitrogen and oxygen atoms in total. The van der Waals surface area contributed by atoms with E-state index in [4.69, 9.17) is 11.6 Å². The van der Waals surface area contributed by atoms with Crippen LogP contribution in [0, 0.1) is 0 Å². The van der Waals surface area contributed by atoms with Crippen LogP contribution in [-0.2, 0) is 6.18 Å². The Hall–Kier alpha value is -1.88. The summed E-state index contributed by atoms with van der Waals surface area (Å²) < 4.78 is 38.6. The number of rotatable bonds is 2. The first kappa shape index (κ1) is 13.5. The van der Waals surface area contributed by atoms with E-state index in [1.165, 1.54) is 30.6 Å². The fraction of sp³-hybridized carbons (Fsp3) is 0.0769. The zero-order valence-corrected chi connectivity index (χ0v) is 10.2. The van der Waals surface area contributed by atoms with Gasteiger partial charge >= 0.3 is 6.18 Å². The molecular formula is C13H7ClF3NO. The Morgan fingerprint density at radius 2 is 1.89 bits per heavy atom. The summed E-state index contributed by atoms with van der Waals surface area (Å²) in [5.74, 6) is -0.800. The minimum Gasteiger partial charge on any atom is -0.288 e. The van der Waals surface area contributed by atoms with Gasteiger partial charge in [-0.25, -0.2) is 0 Å². The summed E-state index contributed by atoms with van der Waals surface area (Å²) in [6.45, 7) is 0. The molecule has 0 N–H and O–H groups in total. The van der Waals surface area contributed by atoms with Crippen LogP contribution in [0.4, 0.5) is 13.2 Å². The lowest BCUT2D eigenvalue weighted by Gasteiger charge is -2.13. The third-order valence-corrected chi connectivity index (χ3v) is 2.78. The molecule has 0 spiro atoms. The molecule has 0 unspecified atom stereocenters. The molecule has 1 heterocycles. The number of hydrogen-bond acceptors (Lipinski definition) is 2.